The lowest BCUT2D eigenvalue weighted by Crippen LogP contribution is -2.50. The second-order valence-electron chi connectivity index (χ2n) is 12.2. The van der Waals surface area contributed by atoms with E-state index in [1.54, 1.807) is 13.0 Å². The van der Waals surface area contributed by atoms with E-state index < -0.39 is 24.3 Å². The number of carbonyl (C=O) groups is 3. The van der Waals surface area contributed by atoms with Gasteiger partial charge in [-0.2, -0.15) is 0 Å². The molecule has 0 aromatic heterocycles. The van der Waals surface area contributed by atoms with Gasteiger partial charge in [-0.25, -0.2) is 0 Å². The fourth-order valence-corrected chi connectivity index (χ4v) is 5.71. The van der Waals surface area contributed by atoms with Gasteiger partial charge in [-0.3, -0.25) is 14.4 Å². The van der Waals surface area contributed by atoms with Crippen LogP contribution in [0.5, 0.6) is 0 Å². The number of ether oxygens (including phenoxy) is 3. The van der Waals surface area contributed by atoms with Crippen LogP contribution in [0.2, 0.25) is 0 Å². The van der Waals surface area contributed by atoms with Gasteiger partial charge < -0.3 is 35.1 Å². The molecule has 0 spiro atoms. The van der Waals surface area contributed by atoms with E-state index in [1.165, 1.54) is 13.0 Å². The van der Waals surface area contributed by atoms with E-state index in [9.17, 15) is 24.6 Å². The maximum atomic E-state index is 12.4. The number of esters is 1. The molecule has 0 unspecified atom stereocenters. The van der Waals surface area contributed by atoms with Gasteiger partial charge in [0, 0.05) is 31.6 Å². The van der Waals surface area contributed by atoms with Gasteiger partial charge in [0.15, 0.2) is 0 Å². The minimum Gasteiger partial charge on any atom is -0.459 e. The molecule has 3 rings (SSSR count). The third-order valence-electron chi connectivity index (χ3n) is 8.49. The van der Waals surface area contributed by atoms with Crippen molar-refractivity contribution in [2.24, 2.45) is 11.8 Å². The van der Waals surface area contributed by atoms with Gasteiger partial charge in [0.25, 0.3) is 0 Å². The number of carbonyl (C=O) groups excluding carboxylic acids is 3. The van der Waals surface area contributed by atoms with Crippen molar-refractivity contribution in [3.05, 3.63) is 36.0 Å². The van der Waals surface area contributed by atoms with Crippen LogP contribution in [0.1, 0.15) is 79.6 Å². The summed E-state index contributed by atoms with van der Waals surface area (Å²) in [6.07, 6.45) is 11.6. The number of allylic oxidation sites excluding steroid dienone is 2. The van der Waals surface area contributed by atoms with E-state index >= 15 is 0 Å². The van der Waals surface area contributed by atoms with Crippen LogP contribution >= 0.6 is 0 Å². The van der Waals surface area contributed by atoms with Crippen LogP contribution in [-0.2, 0) is 28.6 Å². The first kappa shape index (κ1) is 34.0. The van der Waals surface area contributed by atoms with Gasteiger partial charge in [0.1, 0.15) is 12.2 Å². The Morgan fingerprint density at radius 1 is 1.07 bits per heavy atom. The van der Waals surface area contributed by atoms with E-state index in [4.69, 9.17) is 14.2 Å². The second-order valence-corrected chi connectivity index (χ2v) is 12.2. The lowest BCUT2D eigenvalue weighted by atomic mass is 9.87. The van der Waals surface area contributed by atoms with Gasteiger partial charge in [0.2, 0.25) is 11.8 Å². The van der Waals surface area contributed by atoms with Crippen molar-refractivity contribution in [1.29, 1.82) is 0 Å². The number of hydrogen-bond acceptors (Lipinski definition) is 8. The molecule has 10 heteroatoms. The Bertz CT molecular complexity index is 1010. The minimum absolute atomic E-state index is 0.00937. The molecule has 42 heavy (non-hydrogen) atoms. The molecule has 1 saturated carbocycles. The van der Waals surface area contributed by atoms with Gasteiger partial charge in [0.05, 0.1) is 36.9 Å². The van der Waals surface area contributed by atoms with Crippen LogP contribution in [0.4, 0.5) is 0 Å². The summed E-state index contributed by atoms with van der Waals surface area (Å²) >= 11 is 0. The Morgan fingerprint density at radius 2 is 1.81 bits per heavy atom. The van der Waals surface area contributed by atoms with Gasteiger partial charge in [-0.1, -0.05) is 30.7 Å². The molecular formula is C32H50N2O8. The molecule has 4 N–H and O–H groups in total. The smallest absolute Gasteiger partial charge is 0.303 e. The molecule has 2 saturated heterocycles. The number of aliphatic hydroxyl groups excluding tert-OH is 2. The van der Waals surface area contributed by atoms with Gasteiger partial charge in [-0.05, 0) is 71.3 Å². The Hall–Kier alpha value is -2.53. The monoisotopic (exact) mass is 590 g/mol. The Labute approximate surface area is 249 Å². The highest BCUT2D eigenvalue weighted by Gasteiger charge is 2.37. The summed E-state index contributed by atoms with van der Waals surface area (Å²) in [5.74, 6) is -0.828. The van der Waals surface area contributed by atoms with Gasteiger partial charge >= 0.3 is 5.97 Å². The highest BCUT2D eigenvalue weighted by Crippen LogP contribution is 2.30. The SMILES string of the molecule is CC(=O)O[C@@H](C)/C=C\C(=O)N[C@@H]1C[C@H](C)[C@H](C/C=C(C)/C=C/[C@H]2O[C@H](CC(=O)NC3CCC3)C[C@@H](CO)[C@@H]2O)O[C@@H]1C. The molecule has 2 amide bonds. The number of aliphatic hydroxyl groups is 2. The lowest BCUT2D eigenvalue weighted by Gasteiger charge is -2.39. The minimum atomic E-state index is -0.848. The Morgan fingerprint density at radius 3 is 2.45 bits per heavy atom. The average molecular weight is 591 g/mol. The van der Waals surface area contributed by atoms with Gasteiger partial charge in [-0.15, -0.1) is 0 Å². The Kier molecular flexibility index (Phi) is 13.2. The van der Waals surface area contributed by atoms with Crippen LogP contribution in [0, 0.1) is 11.8 Å². The topological polar surface area (TPSA) is 143 Å². The van der Waals surface area contributed by atoms with Crippen molar-refractivity contribution in [1.82, 2.24) is 10.6 Å². The normalized spacial score (nSPS) is 33.3. The maximum Gasteiger partial charge on any atom is 0.303 e. The largest absolute Gasteiger partial charge is 0.459 e. The highest BCUT2D eigenvalue weighted by atomic mass is 16.5. The third kappa shape index (κ3) is 10.6. The molecule has 0 aromatic rings. The molecule has 236 valence electrons. The predicted octanol–water partition coefficient (Wildman–Crippen LogP) is 2.87. The highest BCUT2D eigenvalue weighted by molar-refractivity contribution is 5.87. The average Bonchev–Trinajstić information content (AvgIpc) is 2.90. The second kappa shape index (κ2) is 16.4. The zero-order valence-corrected chi connectivity index (χ0v) is 25.7. The van der Waals surface area contributed by atoms with E-state index in [0.29, 0.717) is 12.8 Å². The summed E-state index contributed by atoms with van der Waals surface area (Å²) in [6.45, 7) is 8.89. The molecule has 0 radical (unpaired) electrons. The summed E-state index contributed by atoms with van der Waals surface area (Å²) in [4.78, 5) is 35.8. The van der Waals surface area contributed by atoms with Crippen LogP contribution < -0.4 is 10.6 Å². The molecule has 0 bridgehead atoms. The fraction of sp³-hybridized carbons (Fsp3) is 0.719. The van der Waals surface area contributed by atoms with E-state index in [-0.39, 0.29) is 67.1 Å². The first-order chi connectivity index (χ1) is 19.9. The maximum absolute atomic E-state index is 12.4. The van der Waals surface area contributed by atoms with Crippen molar-refractivity contribution in [3.8, 4) is 0 Å². The quantitative estimate of drug-likeness (QED) is 0.154. The summed E-state index contributed by atoms with van der Waals surface area (Å²) in [5, 5.41) is 26.6. The number of nitrogens with one attached hydrogen (secondary N) is 2. The summed E-state index contributed by atoms with van der Waals surface area (Å²) in [7, 11) is 0. The summed E-state index contributed by atoms with van der Waals surface area (Å²) < 4.78 is 17.3. The number of hydrogen-bond donors (Lipinski definition) is 4. The third-order valence-corrected chi connectivity index (χ3v) is 8.49. The molecule has 0 aromatic carbocycles. The van der Waals surface area contributed by atoms with E-state index in [2.05, 4.69) is 23.6 Å². The molecule has 2 heterocycles. The number of rotatable bonds is 12. The fourth-order valence-electron chi connectivity index (χ4n) is 5.71. The first-order valence-corrected chi connectivity index (χ1v) is 15.3. The predicted molar refractivity (Wildman–Crippen MR) is 158 cm³/mol. The molecule has 9 atom stereocenters. The van der Waals surface area contributed by atoms with Crippen molar-refractivity contribution < 1.29 is 38.8 Å². The molecule has 1 aliphatic carbocycles. The molecule has 3 aliphatic rings. The number of amides is 2. The summed E-state index contributed by atoms with van der Waals surface area (Å²) in [6, 6.07) is 0.133. The van der Waals surface area contributed by atoms with Crippen molar-refractivity contribution in [2.45, 2.75) is 128 Å². The van der Waals surface area contributed by atoms with Crippen LogP contribution in [0.15, 0.2) is 36.0 Å². The standard InChI is InChI=1S/C32H50N2O8/c1-19(10-13-29-32(39)24(18-35)16-26(42-29)17-31(38)33-25-7-6-8-25)9-12-28-20(2)15-27(22(4)41-28)34-30(37)14-11-21(3)40-23(5)36/h9-11,13-14,20-22,24-29,32,35,39H,6-8,12,15-18H2,1-5H3,(H,33,38)(H,34,37)/b13-10+,14-11-,19-9+/t20-,21-,22+,24-,26-,27+,28-,29+,32-/m0/s1. The zero-order valence-electron chi connectivity index (χ0n) is 25.7. The Balaban J connectivity index is 1.49. The molecule has 2 aliphatic heterocycles. The van der Waals surface area contributed by atoms with Crippen LogP contribution in [-0.4, -0.2) is 83.3 Å². The van der Waals surface area contributed by atoms with Crippen LogP contribution in [0.25, 0.3) is 0 Å². The molecule has 10 nitrogen and oxygen atoms in total. The van der Waals surface area contributed by atoms with E-state index in [1.807, 2.05) is 26.0 Å². The summed E-state index contributed by atoms with van der Waals surface area (Å²) in [5.41, 5.74) is 0.988. The van der Waals surface area contributed by atoms with Crippen molar-refractivity contribution in [2.75, 3.05) is 6.61 Å². The van der Waals surface area contributed by atoms with Crippen molar-refractivity contribution in [3.63, 3.8) is 0 Å². The van der Waals surface area contributed by atoms with Crippen molar-refractivity contribution >= 4 is 17.8 Å². The first-order valence-electron chi connectivity index (χ1n) is 15.3. The van der Waals surface area contributed by atoms with E-state index in [0.717, 1.165) is 31.3 Å². The lowest BCUT2D eigenvalue weighted by molar-refractivity contribution is -0.146. The zero-order chi connectivity index (χ0) is 30.8. The van der Waals surface area contributed by atoms with Crippen LogP contribution in [0.3, 0.4) is 0 Å². The molecule has 3 fully saturated rings. The molecular weight excluding hydrogens is 540 g/mol.